The van der Waals surface area contributed by atoms with Crippen LogP contribution >= 0.6 is 23.4 Å². The number of halogens is 1. The van der Waals surface area contributed by atoms with Gasteiger partial charge in [-0.15, -0.1) is 11.8 Å². The zero-order valence-electron chi connectivity index (χ0n) is 23.5. The second-order valence-corrected chi connectivity index (χ2v) is 11.6. The summed E-state index contributed by atoms with van der Waals surface area (Å²) in [6.45, 7) is 3.77. The molecule has 1 N–H and O–H groups in total. The van der Waals surface area contributed by atoms with Gasteiger partial charge in [0.2, 0.25) is 0 Å². The minimum absolute atomic E-state index is 0.363. The molecule has 0 saturated heterocycles. The van der Waals surface area contributed by atoms with Crippen molar-refractivity contribution >= 4 is 34.9 Å². The van der Waals surface area contributed by atoms with Crippen LogP contribution in [0, 0.1) is 13.8 Å². The van der Waals surface area contributed by atoms with Gasteiger partial charge in [0, 0.05) is 10.6 Å². The van der Waals surface area contributed by atoms with Crippen molar-refractivity contribution in [3.8, 4) is 28.0 Å². The zero-order chi connectivity index (χ0) is 29.5. The van der Waals surface area contributed by atoms with Gasteiger partial charge in [-0.1, -0.05) is 126 Å². The first-order valence-electron chi connectivity index (χ1n) is 13.7. The topological polar surface area (TPSA) is 46.5 Å². The summed E-state index contributed by atoms with van der Waals surface area (Å²) in [5.74, 6) is 0.0448. The van der Waals surface area contributed by atoms with Crippen LogP contribution in [0.15, 0.2) is 126 Å². The summed E-state index contributed by atoms with van der Waals surface area (Å²) < 4.78 is 5.25. The summed E-state index contributed by atoms with van der Waals surface area (Å²) in [6, 6.07) is 40.1. The van der Waals surface area contributed by atoms with Crippen LogP contribution in [0.4, 0.5) is 0 Å². The van der Waals surface area contributed by atoms with Gasteiger partial charge in [0.25, 0.3) is 0 Å². The second-order valence-electron chi connectivity index (χ2n) is 10.1. The molecule has 0 heterocycles. The lowest BCUT2D eigenvalue weighted by Gasteiger charge is -2.12. The second kappa shape index (κ2) is 13.6. The van der Waals surface area contributed by atoms with Crippen LogP contribution in [0.3, 0.4) is 0 Å². The summed E-state index contributed by atoms with van der Waals surface area (Å²) in [5.41, 5.74) is 10.7. The van der Waals surface area contributed by atoms with Gasteiger partial charge in [-0.25, -0.2) is 4.79 Å². The molecular formula is C37H31ClO3S. The molecule has 5 heteroatoms. The van der Waals surface area contributed by atoms with Crippen LogP contribution in [-0.2, 0) is 4.79 Å². The van der Waals surface area contributed by atoms with E-state index in [4.69, 9.17) is 21.4 Å². The normalized spacial score (nSPS) is 10.7. The molecule has 0 saturated carbocycles. The van der Waals surface area contributed by atoms with E-state index in [0.717, 1.165) is 27.3 Å². The van der Waals surface area contributed by atoms with Crippen molar-refractivity contribution in [3.05, 3.63) is 149 Å². The summed E-state index contributed by atoms with van der Waals surface area (Å²) >= 11 is 8.00. The summed E-state index contributed by atoms with van der Waals surface area (Å²) in [5, 5.41) is 9.26. The molecule has 0 aliphatic heterocycles. The molecule has 5 rings (SSSR count). The summed E-state index contributed by atoms with van der Waals surface area (Å²) in [4.78, 5) is 11.8. The predicted molar refractivity (Wildman–Crippen MR) is 176 cm³/mol. The van der Waals surface area contributed by atoms with E-state index in [1.54, 1.807) is 17.8 Å². The number of carboxylic acid groups (broad SMARTS) is 1. The lowest BCUT2D eigenvalue weighted by atomic mass is 9.94. The maximum Gasteiger partial charge on any atom is 0.341 e. The number of carboxylic acids is 1. The number of carbonyl (C=O) groups is 1. The number of hydrogen-bond donors (Lipinski definition) is 1. The molecule has 3 nitrogen and oxygen atoms in total. The van der Waals surface area contributed by atoms with Gasteiger partial charge in [-0.3, -0.25) is 0 Å². The number of thioether (sulfide) groups is 1. The Balaban J connectivity index is 1.40. The fourth-order valence-electron chi connectivity index (χ4n) is 4.63. The Bertz CT molecular complexity index is 1600. The highest BCUT2D eigenvalue weighted by atomic mass is 35.5. The molecule has 0 unspecified atom stereocenters. The third-order valence-electron chi connectivity index (χ3n) is 6.95. The molecule has 0 aliphatic carbocycles. The first kappa shape index (κ1) is 29.2. The fraction of sp³-hybridized carbons (Fsp3) is 0.108. The van der Waals surface area contributed by atoms with E-state index in [9.17, 15) is 4.79 Å². The minimum atomic E-state index is -1.04. The van der Waals surface area contributed by atoms with Crippen LogP contribution in [-0.4, -0.2) is 23.4 Å². The summed E-state index contributed by atoms with van der Waals surface area (Å²) in [6.07, 6.45) is 2.25. The van der Waals surface area contributed by atoms with E-state index in [0.29, 0.717) is 10.8 Å². The van der Waals surface area contributed by atoms with E-state index in [1.165, 1.54) is 33.4 Å². The van der Waals surface area contributed by atoms with Crippen molar-refractivity contribution in [2.75, 3.05) is 12.4 Å². The Morgan fingerprint density at radius 2 is 1.17 bits per heavy atom. The minimum Gasteiger partial charge on any atom is -0.480 e. The van der Waals surface area contributed by atoms with Gasteiger partial charge in [-0.2, -0.15) is 0 Å². The molecule has 210 valence electrons. The maximum atomic E-state index is 10.8. The lowest BCUT2D eigenvalue weighted by molar-refractivity contribution is -0.139. The smallest absolute Gasteiger partial charge is 0.341 e. The number of benzene rings is 5. The molecule has 0 bridgehead atoms. The highest BCUT2D eigenvalue weighted by molar-refractivity contribution is 7.99. The molecule has 0 spiro atoms. The largest absolute Gasteiger partial charge is 0.480 e. The van der Waals surface area contributed by atoms with Gasteiger partial charge in [0.1, 0.15) is 5.75 Å². The number of hydrogen-bond acceptors (Lipinski definition) is 3. The SMILES string of the molecule is Cc1ccc(-c2ccc(C(=CCSc3ccc(OCC(=O)O)c(Cl)c3)c3ccc(-c4ccc(C)cc4)cc3)cc2)cc1. The Morgan fingerprint density at radius 3 is 1.60 bits per heavy atom. The summed E-state index contributed by atoms with van der Waals surface area (Å²) in [7, 11) is 0. The van der Waals surface area contributed by atoms with Crippen molar-refractivity contribution < 1.29 is 14.6 Å². The van der Waals surface area contributed by atoms with Crippen LogP contribution < -0.4 is 4.74 Å². The fourth-order valence-corrected chi connectivity index (χ4v) is 5.74. The molecule has 5 aromatic carbocycles. The predicted octanol–water partition coefficient (Wildman–Crippen LogP) is 9.98. The monoisotopic (exact) mass is 590 g/mol. The van der Waals surface area contributed by atoms with Crippen LogP contribution in [0.2, 0.25) is 5.02 Å². The molecule has 0 aliphatic rings. The van der Waals surface area contributed by atoms with E-state index in [-0.39, 0.29) is 0 Å². The van der Waals surface area contributed by atoms with Crippen molar-refractivity contribution in [1.29, 1.82) is 0 Å². The molecular weight excluding hydrogens is 560 g/mol. The highest BCUT2D eigenvalue weighted by Crippen LogP contribution is 2.33. The number of rotatable bonds is 10. The average Bonchev–Trinajstić information content (AvgIpc) is 3.00. The Morgan fingerprint density at radius 1 is 0.714 bits per heavy atom. The number of ether oxygens (including phenoxy) is 1. The van der Waals surface area contributed by atoms with Crippen molar-refractivity contribution in [2.45, 2.75) is 18.7 Å². The van der Waals surface area contributed by atoms with E-state index >= 15 is 0 Å². The van der Waals surface area contributed by atoms with Gasteiger partial charge in [-0.05, 0) is 71.0 Å². The van der Waals surface area contributed by atoms with Gasteiger partial charge >= 0.3 is 5.97 Å². The first-order valence-corrected chi connectivity index (χ1v) is 15.0. The Labute approximate surface area is 256 Å². The standard InChI is InChI=1S/C37H31ClO3S/c1-25-3-7-27(8-4-25)29-11-15-31(16-12-29)34(32-17-13-30(14-18-32)28-9-5-26(2)6-10-28)21-22-42-33-19-20-36(35(38)23-33)41-24-37(39)40/h3-21,23H,22,24H2,1-2H3,(H,39,40). The molecule has 0 amide bonds. The third kappa shape index (κ3) is 7.52. The van der Waals surface area contributed by atoms with Crippen molar-refractivity contribution in [3.63, 3.8) is 0 Å². The lowest BCUT2D eigenvalue weighted by Crippen LogP contribution is -2.09. The van der Waals surface area contributed by atoms with Crippen LogP contribution in [0.5, 0.6) is 5.75 Å². The number of aliphatic carboxylic acids is 1. The quantitative estimate of drug-likeness (QED) is 0.164. The zero-order valence-corrected chi connectivity index (χ0v) is 25.1. The molecule has 0 atom stereocenters. The maximum absolute atomic E-state index is 10.8. The Kier molecular flexibility index (Phi) is 9.48. The van der Waals surface area contributed by atoms with Gasteiger partial charge in [0.05, 0.1) is 5.02 Å². The molecule has 5 aromatic rings. The molecule has 42 heavy (non-hydrogen) atoms. The van der Waals surface area contributed by atoms with Crippen molar-refractivity contribution in [1.82, 2.24) is 0 Å². The van der Waals surface area contributed by atoms with Gasteiger partial charge in [0.15, 0.2) is 6.61 Å². The first-order chi connectivity index (χ1) is 20.4. The average molecular weight is 591 g/mol. The highest BCUT2D eigenvalue weighted by Gasteiger charge is 2.09. The van der Waals surface area contributed by atoms with Gasteiger partial charge < -0.3 is 9.84 Å². The van der Waals surface area contributed by atoms with E-state index in [1.807, 2.05) is 12.1 Å². The van der Waals surface area contributed by atoms with E-state index < -0.39 is 12.6 Å². The van der Waals surface area contributed by atoms with Crippen LogP contribution in [0.25, 0.3) is 27.8 Å². The van der Waals surface area contributed by atoms with E-state index in [2.05, 4.69) is 117 Å². The molecule has 0 aromatic heterocycles. The van der Waals surface area contributed by atoms with Crippen LogP contribution in [0.1, 0.15) is 22.3 Å². The Hall–Kier alpha value is -4.25. The van der Waals surface area contributed by atoms with Crippen molar-refractivity contribution in [2.24, 2.45) is 0 Å². The molecule has 0 fully saturated rings. The molecule has 0 radical (unpaired) electrons. The number of aryl methyl sites for hydroxylation is 2. The third-order valence-corrected chi connectivity index (χ3v) is 8.17.